The first kappa shape index (κ1) is 16.5. The Bertz CT molecular complexity index is 184. The molecule has 0 amide bonds. The summed E-state index contributed by atoms with van der Waals surface area (Å²) in [5, 5.41) is 1.17. The molecule has 0 spiro atoms. The maximum Gasteiger partial charge on any atom is 0.0192 e. The third-order valence-corrected chi connectivity index (χ3v) is 4.97. The van der Waals surface area contributed by atoms with Crippen LogP contribution in [0.15, 0.2) is 0 Å². The van der Waals surface area contributed by atoms with Gasteiger partial charge in [0.25, 0.3) is 0 Å². The van der Waals surface area contributed by atoms with Crippen LogP contribution < -0.4 is 0 Å². The van der Waals surface area contributed by atoms with Crippen molar-refractivity contribution in [1.29, 1.82) is 0 Å². The van der Waals surface area contributed by atoms with Crippen LogP contribution in [0.25, 0.3) is 0 Å². The largest absolute Gasteiger partial charge is 0.300 e. The minimum atomic E-state index is 0.813. The molecular formula is C16H32BrN. The molecular weight excluding hydrogens is 286 g/mol. The fourth-order valence-electron chi connectivity index (χ4n) is 2.98. The molecule has 0 aromatic rings. The molecule has 108 valence electrons. The van der Waals surface area contributed by atoms with E-state index in [0.717, 1.165) is 6.04 Å². The summed E-state index contributed by atoms with van der Waals surface area (Å²) < 4.78 is 0. The molecule has 0 radical (unpaired) electrons. The molecule has 0 N–H and O–H groups in total. The number of alkyl halides is 1. The molecule has 1 atom stereocenters. The molecule has 0 saturated carbocycles. The number of rotatable bonds is 9. The maximum absolute atomic E-state index is 3.70. The quantitative estimate of drug-likeness (QED) is 0.408. The molecule has 0 bridgehead atoms. The Balaban J connectivity index is 2.05. The fraction of sp³-hybridized carbons (Fsp3) is 1.00. The van der Waals surface area contributed by atoms with Crippen molar-refractivity contribution in [2.75, 3.05) is 18.4 Å². The highest BCUT2D eigenvalue weighted by Crippen LogP contribution is 2.19. The molecule has 1 saturated heterocycles. The summed E-state index contributed by atoms with van der Waals surface area (Å²) in [7, 11) is 0. The van der Waals surface area contributed by atoms with Crippen molar-refractivity contribution in [3.8, 4) is 0 Å². The summed E-state index contributed by atoms with van der Waals surface area (Å²) in [6.07, 6.45) is 15.7. The van der Waals surface area contributed by atoms with Crippen LogP contribution in [0.5, 0.6) is 0 Å². The van der Waals surface area contributed by atoms with Gasteiger partial charge in [-0.1, -0.05) is 74.2 Å². The van der Waals surface area contributed by atoms with Gasteiger partial charge in [0.1, 0.15) is 0 Å². The lowest BCUT2D eigenvalue weighted by Crippen LogP contribution is -2.36. The predicted molar refractivity (Wildman–Crippen MR) is 85.6 cm³/mol. The van der Waals surface area contributed by atoms with Crippen LogP contribution in [0.4, 0.5) is 0 Å². The third kappa shape index (κ3) is 7.13. The summed E-state index contributed by atoms with van der Waals surface area (Å²) in [6, 6.07) is 0.813. The van der Waals surface area contributed by atoms with Crippen LogP contribution in [0.3, 0.4) is 0 Å². The van der Waals surface area contributed by atoms with Gasteiger partial charge in [0.15, 0.2) is 0 Å². The average Bonchev–Trinajstić information content (AvgIpc) is 2.62. The minimum Gasteiger partial charge on any atom is -0.300 e. The summed E-state index contributed by atoms with van der Waals surface area (Å²) >= 11 is 3.70. The van der Waals surface area contributed by atoms with E-state index >= 15 is 0 Å². The van der Waals surface area contributed by atoms with Gasteiger partial charge in [-0.15, -0.1) is 0 Å². The van der Waals surface area contributed by atoms with Gasteiger partial charge in [-0.05, 0) is 32.4 Å². The Morgan fingerprint density at radius 1 is 0.944 bits per heavy atom. The first-order chi connectivity index (χ1) is 8.88. The molecule has 1 rings (SSSR count). The number of likely N-dealkylation sites (tertiary alicyclic amines) is 1. The van der Waals surface area contributed by atoms with Crippen LogP contribution in [-0.2, 0) is 0 Å². The predicted octanol–water partition coefficient (Wildman–Crippen LogP) is 5.38. The van der Waals surface area contributed by atoms with Gasteiger partial charge in [0.2, 0.25) is 0 Å². The van der Waals surface area contributed by atoms with E-state index in [-0.39, 0.29) is 0 Å². The van der Waals surface area contributed by atoms with Crippen molar-refractivity contribution in [1.82, 2.24) is 4.90 Å². The zero-order valence-electron chi connectivity index (χ0n) is 12.3. The van der Waals surface area contributed by atoms with E-state index < -0.39 is 0 Å². The van der Waals surface area contributed by atoms with Crippen molar-refractivity contribution in [2.24, 2.45) is 0 Å². The molecule has 0 aliphatic carbocycles. The molecule has 18 heavy (non-hydrogen) atoms. The maximum atomic E-state index is 3.70. The monoisotopic (exact) mass is 317 g/mol. The van der Waals surface area contributed by atoms with Crippen LogP contribution in [0.1, 0.15) is 77.6 Å². The first-order valence-electron chi connectivity index (χ1n) is 8.18. The Kier molecular flexibility index (Phi) is 10.3. The minimum absolute atomic E-state index is 0.813. The van der Waals surface area contributed by atoms with E-state index in [9.17, 15) is 0 Å². The molecule has 1 fully saturated rings. The lowest BCUT2D eigenvalue weighted by molar-refractivity contribution is 0.213. The van der Waals surface area contributed by atoms with E-state index in [0.29, 0.717) is 0 Å². The van der Waals surface area contributed by atoms with Crippen molar-refractivity contribution < 1.29 is 0 Å². The summed E-state index contributed by atoms with van der Waals surface area (Å²) in [5.74, 6) is 0. The normalized spacial score (nSPS) is 22.0. The number of halogens is 1. The van der Waals surface area contributed by atoms with E-state index in [1.807, 2.05) is 0 Å². The van der Waals surface area contributed by atoms with Crippen molar-refractivity contribution >= 4 is 15.9 Å². The Morgan fingerprint density at radius 3 is 2.39 bits per heavy atom. The zero-order valence-corrected chi connectivity index (χ0v) is 13.9. The van der Waals surface area contributed by atoms with E-state index in [1.165, 1.54) is 89.0 Å². The topological polar surface area (TPSA) is 3.24 Å². The second kappa shape index (κ2) is 11.3. The molecule has 1 heterocycles. The third-order valence-electron chi connectivity index (χ3n) is 4.23. The van der Waals surface area contributed by atoms with Gasteiger partial charge in [0, 0.05) is 11.4 Å². The number of hydrogen-bond donors (Lipinski definition) is 0. The van der Waals surface area contributed by atoms with Gasteiger partial charge in [0.05, 0.1) is 0 Å². The van der Waals surface area contributed by atoms with Gasteiger partial charge < -0.3 is 0 Å². The van der Waals surface area contributed by atoms with Crippen molar-refractivity contribution in [2.45, 2.75) is 83.6 Å². The molecule has 0 aromatic heterocycles. The smallest absolute Gasteiger partial charge is 0.0192 e. The highest BCUT2D eigenvalue weighted by molar-refractivity contribution is 9.09. The molecule has 1 aliphatic heterocycles. The highest BCUT2D eigenvalue weighted by atomic mass is 79.9. The lowest BCUT2D eigenvalue weighted by Gasteiger charge is -2.28. The Labute approximate surface area is 123 Å². The lowest BCUT2D eigenvalue weighted by atomic mass is 10.1. The van der Waals surface area contributed by atoms with Crippen LogP contribution in [-0.4, -0.2) is 29.4 Å². The summed E-state index contributed by atoms with van der Waals surface area (Å²) in [5.41, 5.74) is 0. The SMILES string of the molecule is CCCCCCCCCN1CCCCCC1CBr. The number of unbranched alkanes of at least 4 members (excludes halogenated alkanes) is 6. The van der Waals surface area contributed by atoms with Crippen LogP contribution in [0.2, 0.25) is 0 Å². The Morgan fingerprint density at radius 2 is 1.67 bits per heavy atom. The van der Waals surface area contributed by atoms with Gasteiger partial charge in [-0.3, -0.25) is 4.90 Å². The first-order valence-corrected chi connectivity index (χ1v) is 9.30. The second-order valence-corrected chi connectivity index (χ2v) is 6.46. The van der Waals surface area contributed by atoms with Gasteiger partial charge >= 0.3 is 0 Å². The van der Waals surface area contributed by atoms with E-state index in [1.54, 1.807) is 0 Å². The van der Waals surface area contributed by atoms with Gasteiger partial charge in [-0.2, -0.15) is 0 Å². The standard InChI is InChI=1S/C16H32BrN/c1-2-3-4-5-6-7-10-13-18-14-11-8-9-12-16(18)15-17/h16H,2-15H2,1H3. The van der Waals surface area contributed by atoms with Crippen LogP contribution >= 0.6 is 15.9 Å². The number of hydrogen-bond acceptors (Lipinski definition) is 1. The van der Waals surface area contributed by atoms with Gasteiger partial charge in [-0.25, -0.2) is 0 Å². The second-order valence-electron chi connectivity index (χ2n) is 5.81. The average molecular weight is 318 g/mol. The zero-order chi connectivity index (χ0) is 13.1. The molecule has 0 aromatic carbocycles. The number of nitrogens with zero attached hydrogens (tertiary/aromatic N) is 1. The fourth-order valence-corrected chi connectivity index (χ4v) is 3.71. The Hall–Kier alpha value is 0.440. The van der Waals surface area contributed by atoms with E-state index in [2.05, 4.69) is 27.8 Å². The molecule has 1 aliphatic rings. The summed E-state index contributed by atoms with van der Waals surface area (Å²) in [4.78, 5) is 2.74. The van der Waals surface area contributed by atoms with Crippen LogP contribution in [0, 0.1) is 0 Å². The highest BCUT2D eigenvalue weighted by Gasteiger charge is 2.18. The van der Waals surface area contributed by atoms with Crippen molar-refractivity contribution in [3.63, 3.8) is 0 Å². The molecule has 2 heteroatoms. The summed E-state index contributed by atoms with van der Waals surface area (Å²) in [6.45, 7) is 4.97. The van der Waals surface area contributed by atoms with Crippen molar-refractivity contribution in [3.05, 3.63) is 0 Å². The molecule has 1 unspecified atom stereocenters. The van der Waals surface area contributed by atoms with E-state index in [4.69, 9.17) is 0 Å². The molecule has 1 nitrogen and oxygen atoms in total.